The van der Waals surface area contributed by atoms with Gasteiger partial charge in [0.2, 0.25) is 5.43 Å². The smallest absolute Gasteiger partial charge is 0.345 e. The molecule has 0 radical (unpaired) electrons. The molecule has 1 aromatic heterocycles. The largest absolute Gasteiger partial charge is 0.489 e. The third kappa shape index (κ3) is 3.33. The molecule has 122 valence electrons. The predicted octanol–water partition coefficient (Wildman–Crippen LogP) is 3.92. The van der Waals surface area contributed by atoms with E-state index in [1.165, 1.54) is 7.11 Å². The lowest BCUT2D eigenvalue weighted by Crippen LogP contribution is -2.15. The maximum atomic E-state index is 12.4. The van der Waals surface area contributed by atoms with E-state index in [-0.39, 0.29) is 10.9 Å². The topological polar surface area (TPSA) is 65.7 Å². The summed E-state index contributed by atoms with van der Waals surface area (Å²) in [6, 6.07) is 12.6. The van der Waals surface area contributed by atoms with E-state index in [2.05, 4.69) is 20.7 Å². The van der Waals surface area contributed by atoms with Gasteiger partial charge in [-0.25, -0.2) is 4.79 Å². The van der Waals surface area contributed by atoms with Crippen LogP contribution in [-0.4, -0.2) is 13.1 Å². The highest BCUT2D eigenvalue weighted by Crippen LogP contribution is 2.21. The van der Waals surface area contributed by atoms with Crippen LogP contribution in [0, 0.1) is 0 Å². The summed E-state index contributed by atoms with van der Waals surface area (Å²) in [6.45, 7) is 0.354. The van der Waals surface area contributed by atoms with Gasteiger partial charge in [0.25, 0.3) is 0 Å². The quantitative estimate of drug-likeness (QED) is 0.633. The molecule has 0 N–H and O–H groups in total. The Morgan fingerprint density at radius 1 is 1.21 bits per heavy atom. The van der Waals surface area contributed by atoms with Gasteiger partial charge in [-0.05, 0) is 35.9 Å². The molecule has 0 atom stereocenters. The van der Waals surface area contributed by atoms with Gasteiger partial charge in [0.1, 0.15) is 29.8 Å². The Hall–Kier alpha value is -2.60. The van der Waals surface area contributed by atoms with Gasteiger partial charge in [-0.3, -0.25) is 4.79 Å². The van der Waals surface area contributed by atoms with Crippen LogP contribution in [0.2, 0.25) is 0 Å². The van der Waals surface area contributed by atoms with Crippen LogP contribution >= 0.6 is 15.9 Å². The van der Waals surface area contributed by atoms with E-state index in [4.69, 9.17) is 9.15 Å². The minimum atomic E-state index is -0.730. The van der Waals surface area contributed by atoms with Crippen LogP contribution in [-0.2, 0) is 11.3 Å². The van der Waals surface area contributed by atoms with Crippen LogP contribution in [0.15, 0.2) is 62.4 Å². The number of benzene rings is 2. The molecule has 3 rings (SSSR count). The number of carbonyl (C=O) groups excluding carboxylic acids is 1. The second-order valence-electron chi connectivity index (χ2n) is 5.05. The van der Waals surface area contributed by atoms with Crippen molar-refractivity contribution in [3.05, 3.63) is 74.6 Å². The highest BCUT2D eigenvalue weighted by atomic mass is 79.9. The van der Waals surface area contributed by atoms with Crippen LogP contribution < -0.4 is 10.2 Å². The summed E-state index contributed by atoms with van der Waals surface area (Å²) in [5, 5.41) is 0.268. The Bertz CT molecular complexity index is 961. The molecule has 1 heterocycles. The monoisotopic (exact) mass is 388 g/mol. The first kappa shape index (κ1) is 16.3. The number of carbonyl (C=O) groups is 1. The SMILES string of the molecule is COC(=O)c1coc2ccc(OCc3cccc(Br)c3)cc2c1=O. The fourth-order valence-electron chi connectivity index (χ4n) is 2.24. The lowest BCUT2D eigenvalue weighted by molar-refractivity contribution is 0.0597. The van der Waals surface area contributed by atoms with Crippen molar-refractivity contribution in [2.45, 2.75) is 6.61 Å². The number of rotatable bonds is 4. The number of esters is 1. The van der Waals surface area contributed by atoms with Crippen LogP contribution in [0.5, 0.6) is 5.75 Å². The molecule has 6 heteroatoms. The molecule has 0 amide bonds. The normalized spacial score (nSPS) is 10.6. The minimum absolute atomic E-state index is 0.144. The average Bonchev–Trinajstić information content (AvgIpc) is 2.60. The van der Waals surface area contributed by atoms with Gasteiger partial charge in [0.05, 0.1) is 12.5 Å². The lowest BCUT2D eigenvalue weighted by Gasteiger charge is -2.08. The number of ether oxygens (including phenoxy) is 2. The summed E-state index contributed by atoms with van der Waals surface area (Å²) in [7, 11) is 1.21. The van der Waals surface area contributed by atoms with E-state index >= 15 is 0 Å². The number of hydrogen-bond acceptors (Lipinski definition) is 5. The van der Waals surface area contributed by atoms with Gasteiger partial charge in [0.15, 0.2) is 0 Å². The van der Waals surface area contributed by atoms with Gasteiger partial charge < -0.3 is 13.9 Å². The molecule has 0 unspecified atom stereocenters. The molecule has 0 saturated carbocycles. The number of methoxy groups -OCH3 is 1. The van der Waals surface area contributed by atoms with Crippen molar-refractivity contribution >= 4 is 32.9 Å². The summed E-state index contributed by atoms with van der Waals surface area (Å²) in [6.07, 6.45) is 1.11. The van der Waals surface area contributed by atoms with Gasteiger partial charge in [-0.1, -0.05) is 28.1 Å². The Balaban J connectivity index is 1.91. The summed E-state index contributed by atoms with van der Waals surface area (Å²) in [4.78, 5) is 24.0. The maximum Gasteiger partial charge on any atom is 0.345 e. The molecule has 0 bridgehead atoms. The molecule has 3 aromatic rings. The van der Waals surface area contributed by atoms with Gasteiger partial charge in [0, 0.05) is 4.47 Å². The minimum Gasteiger partial charge on any atom is -0.489 e. The van der Waals surface area contributed by atoms with Crippen molar-refractivity contribution in [3.63, 3.8) is 0 Å². The molecular formula is C18H13BrO5. The summed E-state index contributed by atoms with van der Waals surface area (Å²) in [5.41, 5.74) is 0.771. The molecular weight excluding hydrogens is 376 g/mol. The van der Waals surface area contributed by atoms with Gasteiger partial charge in [-0.15, -0.1) is 0 Å². The van der Waals surface area contributed by atoms with Gasteiger partial charge in [-0.2, -0.15) is 0 Å². The van der Waals surface area contributed by atoms with Crippen molar-refractivity contribution in [1.29, 1.82) is 0 Å². The Labute approximate surface area is 145 Å². The highest BCUT2D eigenvalue weighted by Gasteiger charge is 2.15. The Kier molecular flexibility index (Phi) is 4.66. The first-order valence-electron chi connectivity index (χ1n) is 7.09. The third-order valence-electron chi connectivity index (χ3n) is 3.44. The van der Waals surface area contributed by atoms with Crippen molar-refractivity contribution in [3.8, 4) is 5.75 Å². The first-order valence-corrected chi connectivity index (χ1v) is 7.89. The van der Waals surface area contributed by atoms with Crippen LogP contribution in [0.3, 0.4) is 0 Å². The Morgan fingerprint density at radius 3 is 2.79 bits per heavy atom. The fraction of sp³-hybridized carbons (Fsp3) is 0.111. The summed E-state index contributed by atoms with van der Waals surface area (Å²) >= 11 is 3.41. The standard InChI is InChI=1S/C18H13BrO5/c1-22-18(21)15-10-24-16-6-5-13(8-14(16)17(15)20)23-9-11-3-2-4-12(19)7-11/h2-8,10H,9H2,1H3. The molecule has 0 aliphatic carbocycles. The molecule has 0 aliphatic rings. The number of hydrogen-bond donors (Lipinski definition) is 0. The third-order valence-corrected chi connectivity index (χ3v) is 3.94. The predicted molar refractivity (Wildman–Crippen MR) is 92.3 cm³/mol. The van der Waals surface area contributed by atoms with E-state index in [0.29, 0.717) is 17.9 Å². The molecule has 0 spiro atoms. The van der Waals surface area contributed by atoms with E-state index in [0.717, 1.165) is 16.3 Å². The zero-order chi connectivity index (χ0) is 17.1. The zero-order valence-electron chi connectivity index (χ0n) is 12.7. The summed E-state index contributed by atoms with van der Waals surface area (Å²) < 4.78 is 16.6. The van der Waals surface area contributed by atoms with E-state index in [9.17, 15) is 9.59 Å². The first-order chi connectivity index (χ1) is 11.6. The zero-order valence-corrected chi connectivity index (χ0v) is 14.3. The maximum absolute atomic E-state index is 12.4. The second kappa shape index (κ2) is 6.88. The van der Waals surface area contributed by atoms with Crippen molar-refractivity contribution in [2.75, 3.05) is 7.11 Å². The van der Waals surface area contributed by atoms with Crippen molar-refractivity contribution < 1.29 is 18.7 Å². The molecule has 0 saturated heterocycles. The molecule has 0 fully saturated rings. The van der Waals surface area contributed by atoms with Crippen molar-refractivity contribution in [2.24, 2.45) is 0 Å². The molecule has 24 heavy (non-hydrogen) atoms. The Morgan fingerprint density at radius 2 is 2.04 bits per heavy atom. The number of fused-ring (bicyclic) bond motifs is 1. The van der Waals surface area contributed by atoms with Crippen LogP contribution in [0.4, 0.5) is 0 Å². The molecule has 5 nitrogen and oxygen atoms in total. The van der Waals surface area contributed by atoms with Gasteiger partial charge >= 0.3 is 5.97 Å². The van der Waals surface area contributed by atoms with E-state index < -0.39 is 11.4 Å². The molecule has 0 aliphatic heterocycles. The van der Waals surface area contributed by atoms with Crippen molar-refractivity contribution in [1.82, 2.24) is 0 Å². The second-order valence-corrected chi connectivity index (χ2v) is 5.96. The molecule has 2 aromatic carbocycles. The highest BCUT2D eigenvalue weighted by molar-refractivity contribution is 9.10. The lowest BCUT2D eigenvalue weighted by atomic mass is 10.1. The number of halogens is 1. The fourth-order valence-corrected chi connectivity index (χ4v) is 2.69. The van der Waals surface area contributed by atoms with Crippen LogP contribution in [0.25, 0.3) is 11.0 Å². The van der Waals surface area contributed by atoms with E-state index in [1.807, 2.05) is 24.3 Å². The van der Waals surface area contributed by atoms with Crippen LogP contribution in [0.1, 0.15) is 15.9 Å². The summed E-state index contributed by atoms with van der Waals surface area (Å²) in [5.74, 6) is -0.220. The average molecular weight is 389 g/mol. The van der Waals surface area contributed by atoms with E-state index in [1.54, 1.807) is 18.2 Å².